The monoisotopic (exact) mass is 280 g/mol. The summed E-state index contributed by atoms with van der Waals surface area (Å²) in [5, 5.41) is 20.6. The van der Waals surface area contributed by atoms with Crippen molar-refractivity contribution in [2.24, 2.45) is 5.92 Å². The number of aliphatic carboxylic acids is 1. The zero-order valence-electron chi connectivity index (χ0n) is 10.3. The molecule has 0 fully saturated rings. The summed E-state index contributed by atoms with van der Waals surface area (Å²) in [6.45, 7) is 1.60. The second kappa shape index (κ2) is 6.76. The van der Waals surface area contributed by atoms with E-state index in [1.54, 1.807) is 19.1 Å². The van der Waals surface area contributed by atoms with Gasteiger partial charge < -0.3 is 10.4 Å². The van der Waals surface area contributed by atoms with Crippen LogP contribution >= 0.6 is 11.6 Å². The minimum Gasteiger partial charge on any atom is -0.480 e. The van der Waals surface area contributed by atoms with Gasteiger partial charge in [-0.15, -0.1) is 0 Å². The third-order valence-corrected chi connectivity index (χ3v) is 2.77. The average Bonchev–Trinajstić information content (AvgIpc) is 2.38. The van der Waals surface area contributed by atoms with Gasteiger partial charge in [-0.25, -0.2) is 4.79 Å². The lowest BCUT2D eigenvalue weighted by Gasteiger charge is -2.15. The fourth-order valence-electron chi connectivity index (χ4n) is 1.47. The molecule has 100 valence electrons. The average molecular weight is 281 g/mol. The quantitative estimate of drug-likeness (QED) is 0.864. The van der Waals surface area contributed by atoms with E-state index in [1.807, 2.05) is 6.07 Å². The summed E-state index contributed by atoms with van der Waals surface area (Å²) in [7, 11) is 0. The van der Waals surface area contributed by atoms with Crippen LogP contribution in [0.1, 0.15) is 23.7 Å². The number of nitriles is 1. The van der Waals surface area contributed by atoms with Crippen molar-refractivity contribution >= 4 is 23.5 Å². The molecule has 0 saturated carbocycles. The zero-order valence-corrected chi connectivity index (χ0v) is 11.0. The van der Waals surface area contributed by atoms with Crippen molar-refractivity contribution in [2.45, 2.75) is 19.4 Å². The minimum atomic E-state index is -1.16. The number of halogens is 1. The summed E-state index contributed by atoms with van der Waals surface area (Å²) in [6.07, 6.45) is 0.0607. The highest BCUT2D eigenvalue weighted by Crippen LogP contribution is 2.11. The SMILES string of the molecule is C[C@@H](C#N)C[C@@H](NC(=O)c1ccc(Cl)cc1)C(=O)O. The van der Waals surface area contributed by atoms with E-state index in [9.17, 15) is 9.59 Å². The Balaban J connectivity index is 2.74. The van der Waals surface area contributed by atoms with Crippen molar-refractivity contribution in [2.75, 3.05) is 0 Å². The highest BCUT2D eigenvalue weighted by atomic mass is 35.5. The Labute approximate surface area is 115 Å². The third kappa shape index (κ3) is 4.60. The number of benzene rings is 1. The maximum atomic E-state index is 11.8. The summed E-state index contributed by atoms with van der Waals surface area (Å²) >= 11 is 5.70. The first-order valence-corrected chi connectivity index (χ1v) is 6.00. The molecular weight excluding hydrogens is 268 g/mol. The summed E-state index contributed by atoms with van der Waals surface area (Å²) in [5.41, 5.74) is 0.320. The maximum absolute atomic E-state index is 11.8. The second-order valence-electron chi connectivity index (χ2n) is 4.14. The van der Waals surface area contributed by atoms with E-state index in [0.717, 1.165) is 0 Å². The molecule has 0 aromatic heterocycles. The number of carbonyl (C=O) groups is 2. The molecule has 0 heterocycles. The smallest absolute Gasteiger partial charge is 0.326 e. The van der Waals surface area contributed by atoms with Crippen molar-refractivity contribution in [3.05, 3.63) is 34.9 Å². The third-order valence-electron chi connectivity index (χ3n) is 2.52. The van der Waals surface area contributed by atoms with Crippen LogP contribution < -0.4 is 5.32 Å². The summed E-state index contributed by atoms with van der Waals surface area (Å²) in [6, 6.07) is 6.95. The van der Waals surface area contributed by atoms with E-state index in [0.29, 0.717) is 10.6 Å². The molecule has 1 aromatic carbocycles. The molecule has 19 heavy (non-hydrogen) atoms. The van der Waals surface area contributed by atoms with E-state index in [-0.39, 0.29) is 6.42 Å². The van der Waals surface area contributed by atoms with Gasteiger partial charge >= 0.3 is 5.97 Å². The summed E-state index contributed by atoms with van der Waals surface area (Å²) in [4.78, 5) is 22.9. The Kier molecular flexibility index (Phi) is 5.34. The number of carbonyl (C=O) groups excluding carboxylic acids is 1. The minimum absolute atomic E-state index is 0.0607. The van der Waals surface area contributed by atoms with Crippen LogP contribution in [0.15, 0.2) is 24.3 Å². The molecule has 0 radical (unpaired) electrons. The Morgan fingerprint density at radius 3 is 2.47 bits per heavy atom. The lowest BCUT2D eigenvalue weighted by atomic mass is 10.0. The van der Waals surface area contributed by atoms with Gasteiger partial charge in [0.2, 0.25) is 0 Å². The molecule has 1 amide bonds. The number of hydrogen-bond donors (Lipinski definition) is 2. The molecule has 1 aromatic rings. The number of hydrogen-bond acceptors (Lipinski definition) is 3. The summed E-state index contributed by atoms with van der Waals surface area (Å²) in [5.74, 6) is -2.12. The van der Waals surface area contributed by atoms with Crippen LogP contribution in [-0.2, 0) is 4.79 Å². The first-order chi connectivity index (χ1) is 8.93. The Bertz CT molecular complexity index is 508. The topological polar surface area (TPSA) is 90.2 Å². The van der Waals surface area contributed by atoms with Crippen molar-refractivity contribution < 1.29 is 14.7 Å². The van der Waals surface area contributed by atoms with Crippen LogP contribution in [0, 0.1) is 17.2 Å². The Morgan fingerprint density at radius 1 is 1.42 bits per heavy atom. The molecule has 0 aliphatic heterocycles. The highest BCUT2D eigenvalue weighted by Gasteiger charge is 2.22. The fourth-order valence-corrected chi connectivity index (χ4v) is 1.60. The fraction of sp³-hybridized carbons (Fsp3) is 0.308. The highest BCUT2D eigenvalue weighted by molar-refractivity contribution is 6.30. The molecule has 5 nitrogen and oxygen atoms in total. The molecule has 0 saturated heterocycles. The second-order valence-corrected chi connectivity index (χ2v) is 4.57. The van der Waals surface area contributed by atoms with Gasteiger partial charge in [0.1, 0.15) is 6.04 Å². The zero-order chi connectivity index (χ0) is 14.4. The van der Waals surface area contributed by atoms with Gasteiger partial charge in [0.25, 0.3) is 5.91 Å². The molecule has 2 atom stereocenters. The number of rotatable bonds is 5. The Morgan fingerprint density at radius 2 is 2.00 bits per heavy atom. The lowest BCUT2D eigenvalue weighted by molar-refractivity contribution is -0.139. The first kappa shape index (κ1) is 15.0. The molecule has 6 heteroatoms. The van der Waals surface area contributed by atoms with Crippen LogP contribution in [-0.4, -0.2) is 23.0 Å². The first-order valence-electron chi connectivity index (χ1n) is 5.63. The predicted molar refractivity (Wildman–Crippen MR) is 69.7 cm³/mol. The number of nitrogens with zero attached hydrogens (tertiary/aromatic N) is 1. The van der Waals surface area contributed by atoms with Crippen LogP contribution in [0.3, 0.4) is 0 Å². The molecule has 0 spiro atoms. The molecule has 0 bridgehead atoms. The van der Waals surface area contributed by atoms with Gasteiger partial charge in [-0.1, -0.05) is 11.6 Å². The van der Waals surface area contributed by atoms with E-state index < -0.39 is 23.8 Å². The molecule has 2 N–H and O–H groups in total. The van der Waals surface area contributed by atoms with Crippen LogP contribution in [0.5, 0.6) is 0 Å². The van der Waals surface area contributed by atoms with Gasteiger partial charge in [-0.3, -0.25) is 4.79 Å². The van der Waals surface area contributed by atoms with Crippen LogP contribution in [0.4, 0.5) is 0 Å². The standard InChI is InChI=1S/C13H13ClN2O3/c1-8(7-15)6-11(13(18)19)16-12(17)9-2-4-10(14)5-3-9/h2-5,8,11H,6H2,1H3,(H,16,17)(H,18,19)/t8-,11-/m1/s1. The lowest BCUT2D eigenvalue weighted by Crippen LogP contribution is -2.41. The molecular formula is C13H13ClN2O3. The predicted octanol–water partition coefficient (Wildman–Crippen LogP) is 2.07. The number of nitrogens with one attached hydrogen (secondary N) is 1. The number of amides is 1. The number of carboxylic acids is 1. The van der Waals surface area contributed by atoms with Crippen LogP contribution in [0.25, 0.3) is 0 Å². The molecule has 0 aliphatic carbocycles. The normalized spacial score (nSPS) is 13.1. The van der Waals surface area contributed by atoms with Gasteiger partial charge in [0, 0.05) is 16.5 Å². The van der Waals surface area contributed by atoms with Gasteiger partial charge in [0.05, 0.1) is 6.07 Å². The number of carboxylic acid groups (broad SMARTS) is 1. The van der Waals surface area contributed by atoms with Crippen molar-refractivity contribution in [1.82, 2.24) is 5.32 Å². The van der Waals surface area contributed by atoms with Crippen LogP contribution in [0.2, 0.25) is 5.02 Å². The van der Waals surface area contributed by atoms with Crippen molar-refractivity contribution in [3.8, 4) is 6.07 Å². The van der Waals surface area contributed by atoms with Crippen molar-refractivity contribution in [1.29, 1.82) is 5.26 Å². The van der Waals surface area contributed by atoms with E-state index in [2.05, 4.69) is 5.32 Å². The van der Waals surface area contributed by atoms with E-state index >= 15 is 0 Å². The van der Waals surface area contributed by atoms with Gasteiger partial charge in [-0.2, -0.15) is 5.26 Å². The Hall–Kier alpha value is -2.06. The van der Waals surface area contributed by atoms with E-state index in [1.165, 1.54) is 12.1 Å². The molecule has 0 aliphatic rings. The maximum Gasteiger partial charge on any atom is 0.326 e. The van der Waals surface area contributed by atoms with E-state index in [4.69, 9.17) is 22.0 Å². The van der Waals surface area contributed by atoms with Gasteiger partial charge in [0.15, 0.2) is 0 Å². The summed E-state index contributed by atoms with van der Waals surface area (Å²) < 4.78 is 0. The van der Waals surface area contributed by atoms with Gasteiger partial charge in [-0.05, 0) is 37.6 Å². The largest absolute Gasteiger partial charge is 0.480 e. The molecule has 1 rings (SSSR count). The molecule has 0 unspecified atom stereocenters. The van der Waals surface area contributed by atoms with Crippen molar-refractivity contribution in [3.63, 3.8) is 0 Å².